The number of nitrogens with one attached hydrogen (secondary N) is 1. The highest BCUT2D eigenvalue weighted by molar-refractivity contribution is 8.15. The molecule has 2 heterocycles. The number of thioether (sulfide) groups is 1. The van der Waals surface area contributed by atoms with E-state index in [1.54, 1.807) is 6.21 Å². The molecule has 2 aliphatic rings. The van der Waals surface area contributed by atoms with E-state index in [4.69, 9.17) is 14.6 Å². The zero-order chi connectivity index (χ0) is 21.2. The number of amides is 1. The Morgan fingerprint density at radius 1 is 1.33 bits per heavy atom. The van der Waals surface area contributed by atoms with Crippen LogP contribution in [0.1, 0.15) is 24.8 Å². The van der Waals surface area contributed by atoms with Gasteiger partial charge in [0.05, 0.1) is 32.5 Å². The van der Waals surface area contributed by atoms with Crippen molar-refractivity contribution < 1.29 is 24.2 Å². The fourth-order valence-electron chi connectivity index (χ4n) is 3.05. The van der Waals surface area contributed by atoms with Gasteiger partial charge in [0.2, 0.25) is 5.91 Å². The van der Waals surface area contributed by atoms with Crippen molar-refractivity contribution in [2.24, 2.45) is 10.2 Å². The maximum Gasteiger partial charge on any atom is 0.305 e. The molecular formula is C20H26N4O5S. The van der Waals surface area contributed by atoms with E-state index in [2.05, 4.69) is 20.4 Å². The van der Waals surface area contributed by atoms with Gasteiger partial charge in [0.25, 0.3) is 0 Å². The lowest BCUT2D eigenvalue weighted by molar-refractivity contribution is -0.138. The molecule has 2 fully saturated rings. The lowest BCUT2D eigenvalue weighted by Crippen LogP contribution is -2.36. The number of carbonyl (C=O) groups excluding carboxylic acids is 1. The van der Waals surface area contributed by atoms with E-state index in [9.17, 15) is 9.59 Å². The standard InChI is InChI=1S/C20H26N4O5S/c25-18(26)13-17-19(27)22-20(30-17)23-21-14-15-5-1-2-6-16(15)29-10-4-3-7-24-8-11-28-12-9-24/h1-2,5-6,14,17H,3-4,7-13H2,(H,25,26)(H,22,23,27). The van der Waals surface area contributed by atoms with Crippen LogP contribution in [0.5, 0.6) is 5.75 Å². The molecule has 0 saturated carbocycles. The van der Waals surface area contributed by atoms with Crippen LogP contribution in [0.25, 0.3) is 0 Å². The molecule has 2 saturated heterocycles. The molecule has 1 aromatic rings. The molecule has 0 radical (unpaired) electrons. The van der Waals surface area contributed by atoms with E-state index in [-0.39, 0.29) is 12.3 Å². The van der Waals surface area contributed by atoms with Crippen molar-refractivity contribution in [3.63, 3.8) is 0 Å². The van der Waals surface area contributed by atoms with Crippen LogP contribution in [0.2, 0.25) is 0 Å². The minimum Gasteiger partial charge on any atom is -0.493 e. The number of carbonyl (C=O) groups is 2. The maximum atomic E-state index is 11.7. The van der Waals surface area contributed by atoms with Gasteiger partial charge in [-0.25, -0.2) is 0 Å². The summed E-state index contributed by atoms with van der Waals surface area (Å²) in [5.41, 5.74) is 0.784. The van der Waals surface area contributed by atoms with Crippen LogP contribution in [0.15, 0.2) is 34.5 Å². The Morgan fingerprint density at radius 2 is 2.13 bits per heavy atom. The Morgan fingerprint density at radius 3 is 2.93 bits per heavy atom. The van der Waals surface area contributed by atoms with Gasteiger partial charge in [0, 0.05) is 18.7 Å². The number of unbranched alkanes of at least 4 members (excludes halogenated alkanes) is 1. The third kappa shape index (κ3) is 7.12. The molecule has 1 aromatic carbocycles. The van der Waals surface area contributed by atoms with E-state index < -0.39 is 11.2 Å². The molecular weight excluding hydrogens is 408 g/mol. The molecule has 162 valence electrons. The highest BCUT2D eigenvalue weighted by Gasteiger charge is 2.32. The number of aliphatic carboxylic acids is 1. The molecule has 0 aromatic heterocycles. The largest absolute Gasteiger partial charge is 0.493 e. The molecule has 0 aliphatic carbocycles. The van der Waals surface area contributed by atoms with Gasteiger partial charge in [-0.15, -0.1) is 5.10 Å². The van der Waals surface area contributed by atoms with Gasteiger partial charge < -0.3 is 19.9 Å². The zero-order valence-corrected chi connectivity index (χ0v) is 17.5. The van der Waals surface area contributed by atoms with Gasteiger partial charge >= 0.3 is 5.97 Å². The van der Waals surface area contributed by atoms with Gasteiger partial charge in [0.15, 0.2) is 5.17 Å². The van der Waals surface area contributed by atoms with Gasteiger partial charge in [0.1, 0.15) is 11.0 Å². The van der Waals surface area contributed by atoms with Crippen LogP contribution < -0.4 is 10.1 Å². The first-order chi connectivity index (χ1) is 14.6. The Balaban J connectivity index is 1.45. The number of morpholine rings is 1. The van der Waals surface area contributed by atoms with Crippen LogP contribution in [0, 0.1) is 0 Å². The smallest absolute Gasteiger partial charge is 0.305 e. The Kier molecular flexibility index (Phi) is 8.66. The zero-order valence-electron chi connectivity index (χ0n) is 16.7. The second-order valence-corrected chi connectivity index (χ2v) is 8.08. The van der Waals surface area contributed by atoms with Gasteiger partial charge in [-0.1, -0.05) is 23.9 Å². The summed E-state index contributed by atoms with van der Waals surface area (Å²) in [5.74, 6) is -0.666. The summed E-state index contributed by atoms with van der Waals surface area (Å²) in [6, 6.07) is 7.54. The van der Waals surface area contributed by atoms with Crippen molar-refractivity contribution in [3.8, 4) is 5.75 Å². The quantitative estimate of drug-likeness (QED) is 0.326. The molecule has 30 heavy (non-hydrogen) atoms. The number of carboxylic acid groups (broad SMARTS) is 1. The monoisotopic (exact) mass is 434 g/mol. The third-order valence-electron chi connectivity index (χ3n) is 4.63. The molecule has 1 atom stereocenters. The van der Waals surface area contributed by atoms with Crippen molar-refractivity contribution in [1.82, 2.24) is 10.2 Å². The molecule has 2 aliphatic heterocycles. The lowest BCUT2D eigenvalue weighted by atomic mass is 10.2. The molecule has 9 nitrogen and oxygen atoms in total. The molecule has 10 heteroatoms. The molecule has 2 N–H and O–H groups in total. The number of carboxylic acids is 1. The van der Waals surface area contributed by atoms with Crippen LogP contribution in [-0.2, 0) is 14.3 Å². The fourth-order valence-corrected chi connectivity index (χ4v) is 3.97. The number of hydrogen-bond acceptors (Lipinski definition) is 8. The second kappa shape index (κ2) is 11.7. The average molecular weight is 435 g/mol. The molecule has 0 spiro atoms. The van der Waals surface area contributed by atoms with Crippen molar-refractivity contribution in [2.45, 2.75) is 24.5 Å². The number of amidine groups is 1. The van der Waals surface area contributed by atoms with Crippen molar-refractivity contribution in [1.29, 1.82) is 0 Å². The molecule has 3 rings (SSSR count). The summed E-state index contributed by atoms with van der Waals surface area (Å²) in [6.07, 6.45) is 3.34. The number of nitrogens with zero attached hydrogens (tertiary/aromatic N) is 3. The Bertz CT molecular complexity index is 795. The van der Waals surface area contributed by atoms with Crippen LogP contribution in [0.3, 0.4) is 0 Å². The predicted octanol–water partition coefficient (Wildman–Crippen LogP) is 1.57. The minimum atomic E-state index is -1.02. The van der Waals surface area contributed by atoms with Gasteiger partial charge in [-0.05, 0) is 31.5 Å². The van der Waals surface area contributed by atoms with Crippen LogP contribution in [-0.4, -0.2) is 78.0 Å². The number of rotatable bonds is 10. The summed E-state index contributed by atoms with van der Waals surface area (Å²) >= 11 is 1.07. The van der Waals surface area contributed by atoms with Crippen molar-refractivity contribution in [2.75, 3.05) is 39.5 Å². The first-order valence-corrected chi connectivity index (χ1v) is 10.8. The van der Waals surface area contributed by atoms with Crippen LogP contribution >= 0.6 is 11.8 Å². The normalized spacial score (nSPS) is 21.3. The number of hydrogen-bond donors (Lipinski definition) is 2. The van der Waals surface area contributed by atoms with E-state index in [0.29, 0.717) is 11.8 Å². The molecule has 1 amide bonds. The van der Waals surface area contributed by atoms with Crippen LogP contribution in [0.4, 0.5) is 0 Å². The Hall–Kier alpha value is -2.43. The SMILES string of the molecule is O=C(O)CC1SC(=NN=Cc2ccccc2OCCCCN2CCOCC2)NC1=O. The topological polar surface area (TPSA) is 113 Å². The van der Waals surface area contributed by atoms with Crippen molar-refractivity contribution in [3.05, 3.63) is 29.8 Å². The first-order valence-electron chi connectivity index (χ1n) is 9.94. The number of ether oxygens (including phenoxy) is 2. The lowest BCUT2D eigenvalue weighted by Gasteiger charge is -2.26. The minimum absolute atomic E-state index is 0.249. The molecule has 0 bridgehead atoms. The summed E-state index contributed by atoms with van der Waals surface area (Å²) in [4.78, 5) is 24.9. The summed E-state index contributed by atoms with van der Waals surface area (Å²) in [7, 11) is 0. The highest BCUT2D eigenvalue weighted by Crippen LogP contribution is 2.22. The third-order valence-corrected chi connectivity index (χ3v) is 5.70. The van der Waals surface area contributed by atoms with Gasteiger partial charge in [-0.2, -0.15) is 5.10 Å². The van der Waals surface area contributed by atoms with E-state index >= 15 is 0 Å². The van der Waals surface area contributed by atoms with E-state index in [0.717, 1.165) is 68.8 Å². The summed E-state index contributed by atoms with van der Waals surface area (Å²) in [6.45, 7) is 5.30. The van der Waals surface area contributed by atoms with Gasteiger partial charge in [-0.3, -0.25) is 14.5 Å². The molecule has 1 unspecified atom stereocenters. The van der Waals surface area contributed by atoms with E-state index in [1.165, 1.54) is 0 Å². The summed E-state index contributed by atoms with van der Waals surface area (Å²) < 4.78 is 11.3. The first kappa shape index (κ1) is 22.3. The predicted molar refractivity (Wildman–Crippen MR) is 115 cm³/mol. The Labute approximate surface area is 179 Å². The van der Waals surface area contributed by atoms with E-state index in [1.807, 2.05) is 24.3 Å². The second-order valence-electron chi connectivity index (χ2n) is 6.89. The highest BCUT2D eigenvalue weighted by atomic mass is 32.2. The van der Waals surface area contributed by atoms with Crippen molar-refractivity contribution >= 4 is 35.0 Å². The number of para-hydroxylation sites is 1. The number of benzene rings is 1. The average Bonchev–Trinajstić information content (AvgIpc) is 3.08. The summed E-state index contributed by atoms with van der Waals surface area (Å²) in [5, 5.41) is 19.0. The fraction of sp³-hybridized carbons (Fsp3) is 0.500. The maximum absolute atomic E-state index is 11.7.